The molecule has 7 heteroatoms. The Bertz CT molecular complexity index is 902. The van der Waals surface area contributed by atoms with Gasteiger partial charge in [-0.2, -0.15) is 4.98 Å². The zero-order chi connectivity index (χ0) is 19.4. The molecule has 2 N–H and O–H groups in total. The normalized spacial score (nSPS) is 12.0. The fraction of sp³-hybridized carbons (Fsp3) is 0.250. The zero-order valence-electron chi connectivity index (χ0n) is 15.5. The maximum absolute atomic E-state index is 11.1. The van der Waals surface area contributed by atoms with Crippen molar-refractivity contribution in [3.63, 3.8) is 0 Å². The lowest BCUT2D eigenvalue weighted by Crippen LogP contribution is -2.35. The number of hydrogen-bond acceptors (Lipinski definition) is 6. The maximum atomic E-state index is 11.1. The average molecular weight is 366 g/mol. The molecule has 1 heterocycles. The van der Waals surface area contributed by atoms with E-state index in [1.54, 1.807) is 7.05 Å². The predicted octanol–water partition coefficient (Wildman–Crippen LogP) is 2.68. The van der Waals surface area contributed by atoms with Crippen LogP contribution in [0.3, 0.4) is 0 Å². The molecule has 0 aliphatic rings. The first kappa shape index (κ1) is 18.6. The van der Waals surface area contributed by atoms with Gasteiger partial charge in [-0.3, -0.25) is 4.79 Å². The van der Waals surface area contributed by atoms with E-state index < -0.39 is 12.0 Å². The largest absolute Gasteiger partial charge is 0.480 e. The number of hydrogen-bond donors (Lipinski definition) is 2. The Morgan fingerprint density at radius 1 is 1.11 bits per heavy atom. The van der Waals surface area contributed by atoms with Gasteiger partial charge in [-0.1, -0.05) is 29.4 Å². The van der Waals surface area contributed by atoms with Crippen molar-refractivity contribution in [3.05, 3.63) is 54.1 Å². The van der Waals surface area contributed by atoms with Gasteiger partial charge in [-0.05, 0) is 43.3 Å². The number of carboxylic acid groups (broad SMARTS) is 1. The standard InChI is InChI=1S/C20H22N4O3/c1-21-17(20(25)26)12-13-4-6-14(7-5-13)18-22-19(27-23-18)15-8-10-16(11-9-15)24(2)3/h4-11,17,21H,12H2,1-3H3,(H,25,26). The molecule has 1 atom stereocenters. The lowest BCUT2D eigenvalue weighted by Gasteiger charge is -2.11. The van der Waals surface area contributed by atoms with Crippen LogP contribution in [0.15, 0.2) is 53.1 Å². The fourth-order valence-corrected chi connectivity index (χ4v) is 2.70. The lowest BCUT2D eigenvalue weighted by molar-refractivity contribution is -0.139. The van der Waals surface area contributed by atoms with Crippen molar-refractivity contribution in [1.82, 2.24) is 15.5 Å². The molecule has 0 amide bonds. The molecule has 0 spiro atoms. The topological polar surface area (TPSA) is 91.5 Å². The SMILES string of the molecule is CNC(Cc1ccc(-c2noc(-c3ccc(N(C)C)cc3)n2)cc1)C(=O)O. The highest BCUT2D eigenvalue weighted by Gasteiger charge is 2.16. The third-order valence-electron chi connectivity index (χ3n) is 4.36. The lowest BCUT2D eigenvalue weighted by atomic mass is 10.0. The molecule has 0 bridgehead atoms. The minimum Gasteiger partial charge on any atom is -0.480 e. The van der Waals surface area contributed by atoms with Crippen LogP contribution in [0.25, 0.3) is 22.8 Å². The van der Waals surface area contributed by atoms with Crippen LogP contribution in [-0.2, 0) is 11.2 Å². The highest BCUT2D eigenvalue weighted by molar-refractivity contribution is 5.74. The molecule has 140 valence electrons. The fourth-order valence-electron chi connectivity index (χ4n) is 2.70. The molecule has 7 nitrogen and oxygen atoms in total. The Morgan fingerprint density at radius 2 is 1.74 bits per heavy atom. The predicted molar refractivity (Wildman–Crippen MR) is 104 cm³/mol. The van der Waals surface area contributed by atoms with E-state index in [9.17, 15) is 4.79 Å². The Hall–Kier alpha value is -3.19. The smallest absolute Gasteiger partial charge is 0.321 e. The van der Waals surface area contributed by atoms with Crippen LogP contribution >= 0.6 is 0 Å². The van der Waals surface area contributed by atoms with Crippen LogP contribution in [0.2, 0.25) is 0 Å². The Balaban J connectivity index is 1.75. The molecule has 1 aromatic heterocycles. The van der Waals surface area contributed by atoms with Gasteiger partial charge in [-0.15, -0.1) is 0 Å². The van der Waals surface area contributed by atoms with E-state index in [-0.39, 0.29) is 0 Å². The Morgan fingerprint density at radius 3 is 2.30 bits per heavy atom. The van der Waals surface area contributed by atoms with Crippen molar-refractivity contribution >= 4 is 11.7 Å². The molecule has 0 saturated carbocycles. The number of nitrogens with one attached hydrogen (secondary N) is 1. The zero-order valence-corrected chi connectivity index (χ0v) is 15.5. The highest BCUT2D eigenvalue weighted by Crippen LogP contribution is 2.24. The van der Waals surface area contributed by atoms with E-state index in [4.69, 9.17) is 9.63 Å². The van der Waals surface area contributed by atoms with E-state index in [1.807, 2.05) is 67.5 Å². The molecule has 3 aromatic rings. The van der Waals surface area contributed by atoms with E-state index in [1.165, 1.54) is 0 Å². The second-order valence-electron chi connectivity index (χ2n) is 6.44. The molecular formula is C20H22N4O3. The van der Waals surface area contributed by atoms with Crippen LogP contribution in [-0.4, -0.2) is 48.4 Å². The van der Waals surface area contributed by atoms with Crippen LogP contribution < -0.4 is 10.2 Å². The first-order chi connectivity index (χ1) is 13.0. The maximum Gasteiger partial charge on any atom is 0.321 e. The van der Waals surface area contributed by atoms with Gasteiger partial charge in [0, 0.05) is 30.9 Å². The summed E-state index contributed by atoms with van der Waals surface area (Å²) >= 11 is 0. The number of carboxylic acids is 1. The molecule has 0 aliphatic carbocycles. The van der Waals surface area contributed by atoms with E-state index in [2.05, 4.69) is 15.5 Å². The molecule has 0 fully saturated rings. The van der Waals surface area contributed by atoms with Gasteiger partial charge in [-0.25, -0.2) is 0 Å². The van der Waals surface area contributed by atoms with Gasteiger partial charge in [0.15, 0.2) is 0 Å². The molecule has 2 aromatic carbocycles. The summed E-state index contributed by atoms with van der Waals surface area (Å²) in [6.45, 7) is 0. The van der Waals surface area contributed by atoms with E-state index in [0.29, 0.717) is 18.1 Å². The van der Waals surface area contributed by atoms with Crippen LogP contribution in [0.1, 0.15) is 5.56 Å². The molecule has 0 saturated heterocycles. The minimum atomic E-state index is -0.871. The second kappa shape index (κ2) is 8.01. The van der Waals surface area contributed by atoms with Gasteiger partial charge < -0.3 is 19.8 Å². The van der Waals surface area contributed by atoms with E-state index >= 15 is 0 Å². The summed E-state index contributed by atoms with van der Waals surface area (Å²) in [5.74, 6) is 0.0850. The molecule has 1 unspecified atom stereocenters. The number of nitrogens with zero attached hydrogens (tertiary/aromatic N) is 3. The molecular weight excluding hydrogens is 344 g/mol. The highest BCUT2D eigenvalue weighted by atomic mass is 16.5. The molecule has 27 heavy (non-hydrogen) atoms. The summed E-state index contributed by atoms with van der Waals surface area (Å²) in [6.07, 6.45) is 0.405. The van der Waals surface area contributed by atoms with Gasteiger partial charge >= 0.3 is 5.97 Å². The van der Waals surface area contributed by atoms with Crippen molar-refractivity contribution in [2.45, 2.75) is 12.5 Å². The van der Waals surface area contributed by atoms with Gasteiger partial charge in [0.1, 0.15) is 6.04 Å². The summed E-state index contributed by atoms with van der Waals surface area (Å²) in [5, 5.41) is 16.0. The molecule has 0 aliphatic heterocycles. The van der Waals surface area contributed by atoms with Gasteiger partial charge in [0.05, 0.1) is 0 Å². The Kier molecular flexibility index (Phi) is 5.52. The van der Waals surface area contributed by atoms with Crippen LogP contribution in [0.4, 0.5) is 5.69 Å². The van der Waals surface area contributed by atoms with Gasteiger partial charge in [0.2, 0.25) is 5.82 Å². The van der Waals surface area contributed by atoms with Crippen molar-refractivity contribution in [3.8, 4) is 22.8 Å². The van der Waals surface area contributed by atoms with Crippen LogP contribution in [0, 0.1) is 0 Å². The molecule has 0 radical (unpaired) electrons. The summed E-state index contributed by atoms with van der Waals surface area (Å²) in [6, 6.07) is 14.8. The van der Waals surface area contributed by atoms with Crippen molar-refractivity contribution < 1.29 is 14.4 Å². The number of benzene rings is 2. The first-order valence-electron chi connectivity index (χ1n) is 8.59. The number of anilines is 1. The second-order valence-corrected chi connectivity index (χ2v) is 6.44. The van der Waals surface area contributed by atoms with Gasteiger partial charge in [0.25, 0.3) is 5.89 Å². The van der Waals surface area contributed by atoms with Crippen molar-refractivity contribution in [1.29, 1.82) is 0 Å². The number of likely N-dealkylation sites (N-methyl/N-ethyl adjacent to an activating group) is 1. The van der Waals surface area contributed by atoms with Crippen LogP contribution in [0.5, 0.6) is 0 Å². The summed E-state index contributed by atoms with van der Waals surface area (Å²) in [5.41, 5.74) is 3.68. The number of aromatic nitrogens is 2. The quantitative estimate of drug-likeness (QED) is 0.664. The summed E-state index contributed by atoms with van der Waals surface area (Å²) in [7, 11) is 5.61. The van der Waals surface area contributed by atoms with E-state index in [0.717, 1.165) is 22.4 Å². The minimum absolute atomic E-state index is 0.405. The summed E-state index contributed by atoms with van der Waals surface area (Å²) in [4.78, 5) is 17.6. The molecule has 3 rings (SSSR count). The number of rotatable bonds is 7. The number of carbonyl (C=O) groups is 1. The van der Waals surface area contributed by atoms with Crippen molar-refractivity contribution in [2.24, 2.45) is 0 Å². The average Bonchev–Trinajstić information content (AvgIpc) is 3.16. The third-order valence-corrected chi connectivity index (χ3v) is 4.36. The first-order valence-corrected chi connectivity index (χ1v) is 8.59. The summed E-state index contributed by atoms with van der Waals surface area (Å²) < 4.78 is 5.39. The van der Waals surface area contributed by atoms with Crippen molar-refractivity contribution in [2.75, 3.05) is 26.0 Å². The monoisotopic (exact) mass is 366 g/mol. The number of aliphatic carboxylic acids is 1. The third kappa shape index (κ3) is 4.32. The Labute approximate surface area is 157 Å².